The molecule has 0 aromatic rings. The summed E-state index contributed by atoms with van der Waals surface area (Å²) in [4.78, 5) is 0. The van der Waals surface area contributed by atoms with Gasteiger partial charge in [0, 0.05) is 13.2 Å². The highest BCUT2D eigenvalue weighted by Gasteiger charge is 2.08. The van der Waals surface area contributed by atoms with E-state index in [1.807, 2.05) is 12.1 Å². The van der Waals surface area contributed by atoms with Crippen LogP contribution in [0, 0.1) is 22.7 Å². The highest BCUT2D eigenvalue weighted by Crippen LogP contribution is 2.08. The maximum Gasteiger partial charge on any atom is 0.157 e. The molecule has 0 fully saturated rings. The Bertz CT molecular complexity index is 276. The second kappa shape index (κ2) is 12.0. The molecule has 0 aliphatic rings. The molecule has 0 saturated heterocycles. The van der Waals surface area contributed by atoms with Crippen LogP contribution in [0.15, 0.2) is 10.2 Å². The summed E-state index contributed by atoms with van der Waals surface area (Å²) in [6, 6.07) is 2.96. The van der Waals surface area contributed by atoms with Gasteiger partial charge in [0.2, 0.25) is 0 Å². The van der Waals surface area contributed by atoms with E-state index in [9.17, 15) is 0 Å². The molecule has 0 aromatic carbocycles. The molecule has 0 bridgehead atoms. The van der Waals surface area contributed by atoms with Crippen molar-refractivity contribution in [3.8, 4) is 12.1 Å². The topological polar surface area (TPSA) is 113 Å². The summed E-state index contributed by atoms with van der Waals surface area (Å²) in [5.41, 5.74) is 0. The first-order valence-electron chi connectivity index (χ1n) is 6.19. The molecule has 0 aromatic heterocycles. The number of unbranched alkanes of at least 4 members (excludes halogenated alkanes) is 2. The number of nitrogens with zero attached hydrogens (tertiary/aromatic N) is 4. The zero-order chi connectivity index (χ0) is 13.6. The number of hydrogen-bond acceptors (Lipinski definition) is 6. The first kappa shape index (κ1) is 16.5. The van der Waals surface area contributed by atoms with E-state index in [0.29, 0.717) is 25.7 Å². The molecule has 0 heterocycles. The normalized spacial score (nSPS) is 14.0. The number of azo groups is 1. The number of nitriles is 2. The Labute approximate surface area is 108 Å². The van der Waals surface area contributed by atoms with Gasteiger partial charge in [0.15, 0.2) is 12.1 Å². The molecule has 0 aliphatic heterocycles. The van der Waals surface area contributed by atoms with Gasteiger partial charge in [0.05, 0.1) is 12.1 Å². The van der Waals surface area contributed by atoms with Gasteiger partial charge >= 0.3 is 0 Å². The number of aliphatic hydroxyl groups is 2. The molecule has 0 saturated carbocycles. The van der Waals surface area contributed by atoms with Gasteiger partial charge in [-0.2, -0.15) is 20.8 Å². The van der Waals surface area contributed by atoms with Crippen molar-refractivity contribution in [2.24, 2.45) is 10.2 Å². The SMILES string of the molecule is N#CC(CCCCO)N=NC(C#N)CCCCO. The number of aliphatic hydroxyl groups excluding tert-OH is 2. The van der Waals surface area contributed by atoms with Gasteiger partial charge in [-0.3, -0.25) is 0 Å². The van der Waals surface area contributed by atoms with Crippen molar-refractivity contribution in [3.63, 3.8) is 0 Å². The second-order valence-electron chi connectivity index (χ2n) is 3.96. The Kier molecular flexibility index (Phi) is 11.0. The quantitative estimate of drug-likeness (QED) is 0.453. The van der Waals surface area contributed by atoms with Crippen molar-refractivity contribution < 1.29 is 10.2 Å². The average Bonchev–Trinajstić information content (AvgIpc) is 2.40. The van der Waals surface area contributed by atoms with Gasteiger partial charge in [-0.15, -0.1) is 0 Å². The van der Waals surface area contributed by atoms with Gasteiger partial charge in [-0.25, -0.2) is 0 Å². The molecule has 2 unspecified atom stereocenters. The minimum absolute atomic E-state index is 0.108. The van der Waals surface area contributed by atoms with Crippen molar-refractivity contribution in [1.82, 2.24) is 0 Å². The van der Waals surface area contributed by atoms with Crippen molar-refractivity contribution >= 4 is 0 Å². The molecule has 6 heteroatoms. The van der Waals surface area contributed by atoms with Crippen LogP contribution in [0.2, 0.25) is 0 Å². The van der Waals surface area contributed by atoms with Gasteiger partial charge in [0.25, 0.3) is 0 Å². The lowest BCUT2D eigenvalue weighted by atomic mass is 10.1. The molecule has 0 rings (SSSR count). The fourth-order valence-electron chi connectivity index (χ4n) is 1.36. The molecule has 6 nitrogen and oxygen atoms in total. The third-order valence-electron chi connectivity index (χ3n) is 2.41. The van der Waals surface area contributed by atoms with E-state index in [-0.39, 0.29) is 13.2 Å². The minimum atomic E-state index is -0.537. The monoisotopic (exact) mass is 252 g/mol. The highest BCUT2D eigenvalue weighted by atomic mass is 16.3. The summed E-state index contributed by atoms with van der Waals surface area (Å²) in [7, 11) is 0. The van der Waals surface area contributed by atoms with E-state index in [0.717, 1.165) is 12.8 Å². The lowest BCUT2D eigenvalue weighted by Gasteiger charge is -2.04. The van der Waals surface area contributed by atoms with Crippen LogP contribution in [0.25, 0.3) is 0 Å². The summed E-state index contributed by atoms with van der Waals surface area (Å²) >= 11 is 0. The van der Waals surface area contributed by atoms with E-state index < -0.39 is 12.1 Å². The Morgan fingerprint density at radius 2 is 1.17 bits per heavy atom. The van der Waals surface area contributed by atoms with Crippen LogP contribution in [0.3, 0.4) is 0 Å². The van der Waals surface area contributed by atoms with Crippen LogP contribution in [0.1, 0.15) is 38.5 Å². The molecule has 18 heavy (non-hydrogen) atoms. The zero-order valence-electron chi connectivity index (χ0n) is 10.5. The first-order valence-corrected chi connectivity index (χ1v) is 6.19. The Hall–Kier alpha value is -1.50. The van der Waals surface area contributed by atoms with Gasteiger partial charge < -0.3 is 10.2 Å². The Balaban J connectivity index is 4.04. The maximum absolute atomic E-state index is 8.84. The predicted octanol–water partition coefficient (Wildman–Crippen LogP) is 1.55. The maximum atomic E-state index is 8.84. The van der Waals surface area contributed by atoms with Crippen LogP contribution in [0.4, 0.5) is 0 Å². The summed E-state index contributed by atoms with van der Waals surface area (Å²) in [5, 5.41) is 42.7. The molecular weight excluding hydrogens is 232 g/mol. The van der Waals surface area contributed by atoms with E-state index in [4.69, 9.17) is 20.7 Å². The van der Waals surface area contributed by atoms with Crippen molar-refractivity contribution in [2.45, 2.75) is 50.6 Å². The van der Waals surface area contributed by atoms with E-state index in [2.05, 4.69) is 10.2 Å². The van der Waals surface area contributed by atoms with E-state index >= 15 is 0 Å². The minimum Gasteiger partial charge on any atom is -0.396 e. The standard InChI is InChI=1S/C12H20N4O2/c13-9-11(5-1-3-7-17)15-16-12(10-14)6-2-4-8-18/h11-12,17-18H,1-8H2. The third kappa shape index (κ3) is 8.63. The van der Waals surface area contributed by atoms with E-state index in [1.165, 1.54) is 0 Å². The molecule has 0 spiro atoms. The number of hydrogen-bond donors (Lipinski definition) is 2. The molecule has 0 aliphatic carbocycles. The van der Waals surface area contributed by atoms with Crippen LogP contribution in [0.5, 0.6) is 0 Å². The smallest absolute Gasteiger partial charge is 0.157 e. The highest BCUT2D eigenvalue weighted by molar-refractivity contribution is 4.92. The van der Waals surface area contributed by atoms with Crippen molar-refractivity contribution in [3.05, 3.63) is 0 Å². The molecule has 2 atom stereocenters. The predicted molar refractivity (Wildman–Crippen MR) is 65.5 cm³/mol. The Morgan fingerprint density at radius 3 is 1.44 bits per heavy atom. The summed E-state index contributed by atoms with van der Waals surface area (Å²) in [6.07, 6.45) is 3.83. The lowest BCUT2D eigenvalue weighted by molar-refractivity contribution is 0.281. The van der Waals surface area contributed by atoms with Gasteiger partial charge in [0.1, 0.15) is 0 Å². The Morgan fingerprint density at radius 1 is 0.778 bits per heavy atom. The summed E-state index contributed by atoms with van der Waals surface area (Å²) in [5.74, 6) is 0. The third-order valence-corrected chi connectivity index (χ3v) is 2.41. The van der Waals surface area contributed by atoms with Crippen LogP contribution in [-0.4, -0.2) is 35.5 Å². The summed E-state index contributed by atoms with van der Waals surface area (Å²) < 4.78 is 0. The fourth-order valence-corrected chi connectivity index (χ4v) is 1.36. The zero-order valence-corrected chi connectivity index (χ0v) is 10.5. The molecule has 0 amide bonds. The van der Waals surface area contributed by atoms with Gasteiger partial charge in [-0.05, 0) is 38.5 Å². The first-order chi connectivity index (χ1) is 8.78. The van der Waals surface area contributed by atoms with Crippen LogP contribution >= 0.6 is 0 Å². The largest absolute Gasteiger partial charge is 0.396 e. The second-order valence-corrected chi connectivity index (χ2v) is 3.96. The van der Waals surface area contributed by atoms with E-state index in [1.54, 1.807) is 0 Å². The lowest BCUT2D eigenvalue weighted by Crippen LogP contribution is -2.05. The fraction of sp³-hybridized carbons (Fsp3) is 0.833. The molecule has 0 radical (unpaired) electrons. The van der Waals surface area contributed by atoms with Crippen LogP contribution < -0.4 is 0 Å². The van der Waals surface area contributed by atoms with Crippen molar-refractivity contribution in [1.29, 1.82) is 10.5 Å². The number of rotatable bonds is 10. The average molecular weight is 252 g/mol. The molecule has 100 valence electrons. The molecule has 2 N–H and O–H groups in total. The summed E-state index contributed by atoms with van der Waals surface area (Å²) in [6.45, 7) is 0.217. The van der Waals surface area contributed by atoms with Gasteiger partial charge in [-0.1, -0.05) is 0 Å². The molecular formula is C12H20N4O2. The van der Waals surface area contributed by atoms with Crippen LogP contribution in [-0.2, 0) is 0 Å². The van der Waals surface area contributed by atoms with Crippen molar-refractivity contribution in [2.75, 3.05) is 13.2 Å².